The number of nitrogens with one attached hydrogen (secondary N) is 1. The fourth-order valence-electron chi connectivity index (χ4n) is 1.74. The summed E-state index contributed by atoms with van der Waals surface area (Å²) >= 11 is 0. The molecule has 0 saturated heterocycles. The number of hydrogen-bond donors (Lipinski definition) is 2. The number of halogens is 4. The summed E-state index contributed by atoms with van der Waals surface area (Å²) in [6, 6.07) is 3.64. The van der Waals surface area contributed by atoms with Crippen LogP contribution in [-0.4, -0.2) is 25.7 Å². The lowest BCUT2D eigenvalue weighted by atomic mass is 9.89. The third kappa shape index (κ3) is 3.38. The van der Waals surface area contributed by atoms with Crippen LogP contribution in [0.15, 0.2) is 18.2 Å². The van der Waals surface area contributed by atoms with Crippen molar-refractivity contribution in [3.05, 3.63) is 29.6 Å². The first kappa shape index (κ1) is 16.2. The summed E-state index contributed by atoms with van der Waals surface area (Å²) in [4.78, 5) is 11.5. The van der Waals surface area contributed by atoms with Crippen molar-refractivity contribution in [1.29, 1.82) is 0 Å². The highest BCUT2D eigenvalue weighted by atomic mass is 19.4. The van der Waals surface area contributed by atoms with E-state index in [0.29, 0.717) is 0 Å². The van der Waals surface area contributed by atoms with Gasteiger partial charge in [0.2, 0.25) is 5.91 Å². The third-order valence-corrected chi connectivity index (χ3v) is 2.83. The summed E-state index contributed by atoms with van der Waals surface area (Å²) in [6.07, 6.45) is -4.57. The summed E-state index contributed by atoms with van der Waals surface area (Å²) in [5.74, 6) is -2.11. The van der Waals surface area contributed by atoms with Crippen molar-refractivity contribution in [1.82, 2.24) is 5.32 Å². The van der Waals surface area contributed by atoms with Crippen LogP contribution in [0, 0.1) is 5.82 Å². The van der Waals surface area contributed by atoms with Crippen LogP contribution < -0.4 is 15.8 Å². The van der Waals surface area contributed by atoms with Crippen molar-refractivity contribution < 1.29 is 27.1 Å². The second kappa shape index (κ2) is 5.66. The van der Waals surface area contributed by atoms with Gasteiger partial charge in [-0.15, -0.1) is 0 Å². The molecule has 4 nitrogen and oxygen atoms in total. The van der Waals surface area contributed by atoms with Crippen molar-refractivity contribution in [2.45, 2.75) is 18.6 Å². The number of nitrogens with two attached hydrogens (primary N) is 1. The summed E-state index contributed by atoms with van der Waals surface area (Å²) in [7, 11) is 1.21. The number of benzene rings is 1. The number of amides is 1. The van der Waals surface area contributed by atoms with Crippen molar-refractivity contribution in [2.24, 2.45) is 5.73 Å². The molecule has 1 aromatic rings. The molecule has 0 aliphatic rings. The van der Waals surface area contributed by atoms with Gasteiger partial charge in [-0.2, -0.15) is 13.2 Å². The largest absolute Gasteiger partial charge is 0.496 e. The zero-order valence-electron chi connectivity index (χ0n) is 10.8. The van der Waals surface area contributed by atoms with E-state index in [4.69, 9.17) is 10.5 Å². The minimum Gasteiger partial charge on any atom is -0.496 e. The van der Waals surface area contributed by atoms with Gasteiger partial charge in [-0.3, -0.25) is 10.1 Å². The highest BCUT2D eigenvalue weighted by Crippen LogP contribution is 2.33. The highest BCUT2D eigenvalue weighted by Gasteiger charge is 2.41. The minimum absolute atomic E-state index is 0.0685. The lowest BCUT2D eigenvalue weighted by molar-refractivity contribution is -0.136. The molecule has 0 aromatic heterocycles. The molecule has 1 atom stereocenters. The third-order valence-electron chi connectivity index (χ3n) is 2.83. The molecular formula is C12H14F4N2O2. The molecule has 3 N–H and O–H groups in total. The zero-order valence-corrected chi connectivity index (χ0v) is 10.8. The number of carbonyl (C=O) groups is 1. The van der Waals surface area contributed by atoms with Crippen LogP contribution in [0.3, 0.4) is 0 Å². The second-order valence-electron chi connectivity index (χ2n) is 4.28. The molecule has 1 aromatic carbocycles. The number of alkyl halides is 3. The standard InChI is InChI=1S/C12H14F4N2O2/c1-11(10(17)19,18-6-12(14,15)16)9-7(13)4-3-5-8(9)20-2/h3-5,18H,6H2,1-2H3,(H2,17,19). The van der Waals surface area contributed by atoms with Crippen molar-refractivity contribution in [3.63, 3.8) is 0 Å². The number of rotatable bonds is 5. The number of ether oxygens (including phenoxy) is 1. The Hall–Kier alpha value is -1.83. The fraction of sp³-hybridized carbons (Fsp3) is 0.417. The number of methoxy groups -OCH3 is 1. The average Bonchev–Trinajstić information content (AvgIpc) is 2.34. The van der Waals surface area contributed by atoms with Crippen molar-refractivity contribution in [2.75, 3.05) is 13.7 Å². The predicted molar refractivity (Wildman–Crippen MR) is 63.6 cm³/mol. The molecule has 8 heteroatoms. The maximum atomic E-state index is 13.9. The molecule has 0 radical (unpaired) electrons. The number of primary amides is 1. The molecule has 20 heavy (non-hydrogen) atoms. The predicted octanol–water partition coefficient (Wildman–Crippen LogP) is 1.69. The molecule has 1 unspecified atom stereocenters. The molecule has 0 saturated carbocycles. The van der Waals surface area contributed by atoms with Crippen LogP contribution in [0.25, 0.3) is 0 Å². The van der Waals surface area contributed by atoms with E-state index in [1.807, 2.05) is 5.32 Å². The normalized spacial score (nSPS) is 14.7. The van der Waals surface area contributed by atoms with Crippen LogP contribution in [0.2, 0.25) is 0 Å². The summed E-state index contributed by atoms with van der Waals surface area (Å²) in [5, 5.41) is 1.95. The maximum Gasteiger partial charge on any atom is 0.401 e. The molecule has 112 valence electrons. The van der Waals surface area contributed by atoms with E-state index >= 15 is 0 Å². The first-order valence-corrected chi connectivity index (χ1v) is 5.56. The van der Waals surface area contributed by atoms with Gasteiger partial charge in [0.1, 0.15) is 17.1 Å². The Kier molecular flexibility index (Phi) is 4.59. The van der Waals surface area contributed by atoms with Crippen molar-refractivity contribution >= 4 is 5.91 Å². The van der Waals surface area contributed by atoms with Gasteiger partial charge in [0.25, 0.3) is 0 Å². The minimum atomic E-state index is -4.57. The Morgan fingerprint density at radius 1 is 1.40 bits per heavy atom. The van der Waals surface area contributed by atoms with Crippen LogP contribution >= 0.6 is 0 Å². The summed E-state index contributed by atoms with van der Waals surface area (Å²) in [5.41, 5.74) is 2.72. The molecular weight excluding hydrogens is 280 g/mol. The SMILES string of the molecule is COc1cccc(F)c1C(C)(NCC(F)(F)F)C(N)=O. The van der Waals surface area contributed by atoms with Crippen molar-refractivity contribution in [3.8, 4) is 5.75 Å². The molecule has 0 aliphatic carbocycles. The first-order valence-electron chi connectivity index (χ1n) is 5.56. The zero-order chi connectivity index (χ0) is 15.6. The van der Waals surface area contributed by atoms with Gasteiger partial charge in [0, 0.05) is 0 Å². The first-order chi connectivity index (χ1) is 9.12. The smallest absolute Gasteiger partial charge is 0.401 e. The lowest BCUT2D eigenvalue weighted by Crippen LogP contribution is -2.53. The van der Waals surface area contributed by atoms with Gasteiger partial charge in [-0.1, -0.05) is 6.07 Å². The van der Waals surface area contributed by atoms with Crippen LogP contribution in [0.1, 0.15) is 12.5 Å². The Morgan fingerprint density at radius 2 is 2.00 bits per heavy atom. The van der Waals surface area contributed by atoms with Gasteiger partial charge < -0.3 is 10.5 Å². The quantitative estimate of drug-likeness (QED) is 0.812. The van der Waals surface area contributed by atoms with E-state index in [0.717, 1.165) is 13.0 Å². The van der Waals surface area contributed by atoms with E-state index in [9.17, 15) is 22.4 Å². The molecule has 1 amide bonds. The molecule has 0 spiro atoms. The van der Waals surface area contributed by atoms with E-state index in [2.05, 4.69) is 0 Å². The average molecular weight is 294 g/mol. The second-order valence-corrected chi connectivity index (χ2v) is 4.28. The van der Waals surface area contributed by atoms with E-state index in [1.54, 1.807) is 0 Å². The fourth-order valence-corrected chi connectivity index (χ4v) is 1.74. The van der Waals surface area contributed by atoms with Gasteiger partial charge in [0.15, 0.2) is 0 Å². The summed E-state index contributed by atoms with van der Waals surface area (Å²) < 4.78 is 55.7. The Bertz CT molecular complexity index is 505. The number of carbonyl (C=O) groups excluding carboxylic acids is 1. The lowest BCUT2D eigenvalue weighted by Gasteiger charge is -2.30. The molecule has 0 heterocycles. The molecule has 0 aliphatic heterocycles. The van der Waals surface area contributed by atoms with E-state index in [-0.39, 0.29) is 11.3 Å². The van der Waals surface area contributed by atoms with Gasteiger partial charge in [-0.05, 0) is 19.1 Å². The van der Waals surface area contributed by atoms with Crippen LogP contribution in [0.5, 0.6) is 5.75 Å². The topological polar surface area (TPSA) is 64.3 Å². The van der Waals surface area contributed by atoms with Crippen LogP contribution in [-0.2, 0) is 10.3 Å². The molecule has 0 fully saturated rings. The van der Waals surface area contributed by atoms with Gasteiger partial charge in [-0.25, -0.2) is 4.39 Å². The van der Waals surface area contributed by atoms with E-state index in [1.165, 1.54) is 19.2 Å². The van der Waals surface area contributed by atoms with Gasteiger partial charge >= 0.3 is 6.18 Å². The maximum absolute atomic E-state index is 13.9. The molecule has 1 rings (SSSR count). The number of hydrogen-bond acceptors (Lipinski definition) is 3. The monoisotopic (exact) mass is 294 g/mol. The van der Waals surface area contributed by atoms with E-state index < -0.39 is 30.0 Å². The Balaban J connectivity index is 3.30. The highest BCUT2D eigenvalue weighted by molar-refractivity contribution is 5.86. The Morgan fingerprint density at radius 3 is 2.45 bits per heavy atom. The summed E-state index contributed by atoms with van der Waals surface area (Å²) in [6.45, 7) is -0.425. The van der Waals surface area contributed by atoms with Gasteiger partial charge in [0.05, 0.1) is 19.2 Å². The van der Waals surface area contributed by atoms with Crippen LogP contribution in [0.4, 0.5) is 17.6 Å². The molecule has 0 bridgehead atoms. The Labute approximate surface area is 112 Å².